The van der Waals surface area contributed by atoms with E-state index in [0.29, 0.717) is 30.1 Å². The predicted octanol–water partition coefficient (Wildman–Crippen LogP) is 3.36. The molecule has 0 spiro atoms. The summed E-state index contributed by atoms with van der Waals surface area (Å²) in [5.41, 5.74) is -0.299. The Balaban J connectivity index is 1.94. The van der Waals surface area contributed by atoms with Crippen molar-refractivity contribution in [2.24, 2.45) is 0 Å². The summed E-state index contributed by atoms with van der Waals surface area (Å²) in [4.78, 5) is 11.3. The van der Waals surface area contributed by atoms with E-state index >= 15 is 0 Å². The topological polar surface area (TPSA) is 92.0 Å². The van der Waals surface area contributed by atoms with E-state index in [1.807, 2.05) is 6.92 Å². The van der Waals surface area contributed by atoms with Gasteiger partial charge in [-0.25, -0.2) is 4.79 Å². The normalized spacial score (nSPS) is 11.3. The van der Waals surface area contributed by atoms with Gasteiger partial charge in [0.15, 0.2) is 11.5 Å². The molecule has 27 heavy (non-hydrogen) atoms. The molecule has 0 aliphatic heterocycles. The number of benzene rings is 2. The molecule has 0 amide bonds. The van der Waals surface area contributed by atoms with E-state index in [9.17, 15) is 13.2 Å². The average Bonchev–Trinajstić information content (AvgIpc) is 2.63. The Morgan fingerprint density at radius 2 is 1.59 bits per heavy atom. The Hall–Kier alpha value is -3.00. The van der Waals surface area contributed by atoms with Crippen LogP contribution in [0, 0.1) is 0 Å². The molecule has 0 radical (unpaired) electrons. The van der Waals surface area contributed by atoms with Gasteiger partial charge in [0.1, 0.15) is 16.2 Å². The maximum absolute atomic E-state index is 12.6. The van der Waals surface area contributed by atoms with Gasteiger partial charge >= 0.3 is 15.7 Å². The highest BCUT2D eigenvalue weighted by atomic mass is 32.2. The highest BCUT2D eigenvalue weighted by molar-refractivity contribution is 7.87. The predicted molar refractivity (Wildman–Crippen MR) is 99.1 cm³/mol. The summed E-state index contributed by atoms with van der Waals surface area (Å²) >= 11 is 0. The van der Waals surface area contributed by atoms with E-state index < -0.39 is 15.7 Å². The van der Waals surface area contributed by atoms with Crippen LogP contribution in [0.25, 0.3) is 11.0 Å². The van der Waals surface area contributed by atoms with E-state index in [4.69, 9.17) is 18.1 Å². The zero-order valence-electron chi connectivity index (χ0n) is 14.8. The highest BCUT2D eigenvalue weighted by Gasteiger charge is 2.20. The van der Waals surface area contributed by atoms with Gasteiger partial charge in [0, 0.05) is 23.6 Å². The third-order valence-electron chi connectivity index (χ3n) is 3.60. The molecule has 3 aromatic rings. The van der Waals surface area contributed by atoms with Gasteiger partial charge in [0.05, 0.1) is 13.2 Å². The van der Waals surface area contributed by atoms with E-state index in [1.54, 1.807) is 19.1 Å². The molecule has 0 aliphatic rings. The molecule has 8 heteroatoms. The minimum Gasteiger partial charge on any atom is -0.490 e. The molecule has 3 rings (SSSR count). The van der Waals surface area contributed by atoms with Crippen LogP contribution in [-0.4, -0.2) is 21.6 Å². The lowest BCUT2D eigenvalue weighted by Crippen LogP contribution is -2.10. The van der Waals surface area contributed by atoms with Crippen LogP contribution in [-0.2, 0) is 10.1 Å². The van der Waals surface area contributed by atoms with Gasteiger partial charge in [0.2, 0.25) is 0 Å². The molecule has 142 valence electrons. The van der Waals surface area contributed by atoms with Crippen LogP contribution in [0.15, 0.2) is 62.6 Å². The largest absolute Gasteiger partial charge is 0.490 e. The van der Waals surface area contributed by atoms with E-state index in [0.717, 1.165) is 0 Å². The number of hydrogen-bond acceptors (Lipinski definition) is 7. The third-order valence-corrected chi connectivity index (χ3v) is 4.85. The Bertz CT molecular complexity index is 1120. The Labute approximate surface area is 156 Å². The number of rotatable bonds is 7. The van der Waals surface area contributed by atoms with Crippen molar-refractivity contribution < 1.29 is 26.5 Å². The quantitative estimate of drug-likeness (QED) is 0.451. The van der Waals surface area contributed by atoms with Crippen LogP contribution >= 0.6 is 0 Å². The lowest BCUT2D eigenvalue weighted by atomic mass is 10.2. The van der Waals surface area contributed by atoms with Gasteiger partial charge in [-0.1, -0.05) is 0 Å². The second-order valence-electron chi connectivity index (χ2n) is 5.47. The van der Waals surface area contributed by atoms with Crippen molar-refractivity contribution in [3.8, 4) is 17.2 Å². The average molecular weight is 390 g/mol. The van der Waals surface area contributed by atoms with Gasteiger partial charge < -0.3 is 18.1 Å². The molecule has 7 nitrogen and oxygen atoms in total. The zero-order chi connectivity index (χ0) is 19.4. The summed E-state index contributed by atoms with van der Waals surface area (Å²) < 4.78 is 46.4. The van der Waals surface area contributed by atoms with Crippen LogP contribution in [0.3, 0.4) is 0 Å². The molecule has 1 aromatic heterocycles. The molecular weight excluding hydrogens is 372 g/mol. The van der Waals surface area contributed by atoms with E-state index in [-0.39, 0.29) is 16.2 Å². The van der Waals surface area contributed by atoms with Gasteiger partial charge in [-0.3, -0.25) is 0 Å². The van der Waals surface area contributed by atoms with Crippen LogP contribution < -0.4 is 19.3 Å². The zero-order valence-corrected chi connectivity index (χ0v) is 15.6. The van der Waals surface area contributed by atoms with Crippen molar-refractivity contribution in [1.29, 1.82) is 0 Å². The SMILES string of the molecule is CCOc1ccc(S(=O)(=O)Oc2ccc3ccc(=O)oc3c2)cc1OCC. The smallest absolute Gasteiger partial charge is 0.339 e. The Morgan fingerprint density at radius 3 is 2.33 bits per heavy atom. The van der Waals surface area contributed by atoms with Crippen LogP contribution in [0.4, 0.5) is 0 Å². The molecule has 0 saturated heterocycles. The summed E-state index contributed by atoms with van der Waals surface area (Å²) in [5, 5.41) is 0.652. The summed E-state index contributed by atoms with van der Waals surface area (Å²) in [6, 6.07) is 11.6. The summed E-state index contributed by atoms with van der Waals surface area (Å²) in [7, 11) is -4.12. The van der Waals surface area contributed by atoms with Gasteiger partial charge in [-0.05, 0) is 44.2 Å². The first-order valence-electron chi connectivity index (χ1n) is 8.31. The first-order chi connectivity index (χ1) is 12.9. The molecule has 0 N–H and O–H groups in total. The molecule has 0 bridgehead atoms. The molecule has 0 unspecified atom stereocenters. The van der Waals surface area contributed by atoms with Crippen molar-refractivity contribution in [2.75, 3.05) is 13.2 Å². The first kappa shape index (κ1) is 18.8. The molecule has 0 saturated carbocycles. The third kappa shape index (κ3) is 4.22. The fraction of sp³-hybridized carbons (Fsp3) is 0.211. The highest BCUT2D eigenvalue weighted by Crippen LogP contribution is 2.31. The van der Waals surface area contributed by atoms with Crippen LogP contribution in [0.5, 0.6) is 17.2 Å². The van der Waals surface area contributed by atoms with Crippen molar-refractivity contribution in [1.82, 2.24) is 0 Å². The van der Waals surface area contributed by atoms with Gasteiger partial charge in [-0.15, -0.1) is 0 Å². The lowest BCUT2D eigenvalue weighted by Gasteiger charge is -2.13. The fourth-order valence-electron chi connectivity index (χ4n) is 2.45. The summed E-state index contributed by atoms with van der Waals surface area (Å²) in [5.74, 6) is 0.794. The van der Waals surface area contributed by atoms with Crippen LogP contribution in [0.2, 0.25) is 0 Å². The maximum atomic E-state index is 12.6. The number of ether oxygens (including phenoxy) is 2. The van der Waals surface area contributed by atoms with E-state index in [2.05, 4.69) is 0 Å². The Kier molecular flexibility index (Phi) is 5.36. The first-order valence-corrected chi connectivity index (χ1v) is 9.72. The van der Waals surface area contributed by atoms with Crippen molar-refractivity contribution in [3.05, 3.63) is 59.0 Å². The van der Waals surface area contributed by atoms with Gasteiger partial charge in [0.25, 0.3) is 0 Å². The molecule has 1 heterocycles. The molecule has 2 aromatic carbocycles. The standard InChI is InChI=1S/C19H18O7S/c1-3-23-16-9-8-15(12-18(16)24-4-2)27(21,22)26-14-7-5-13-6-10-19(20)25-17(13)11-14/h5-12H,3-4H2,1-2H3. The molecule has 0 atom stereocenters. The van der Waals surface area contributed by atoms with Crippen molar-refractivity contribution in [3.63, 3.8) is 0 Å². The van der Waals surface area contributed by atoms with E-state index in [1.165, 1.54) is 36.4 Å². The minimum absolute atomic E-state index is 0.0312. The minimum atomic E-state index is -4.12. The van der Waals surface area contributed by atoms with Crippen molar-refractivity contribution in [2.45, 2.75) is 18.7 Å². The summed E-state index contributed by atoms with van der Waals surface area (Å²) in [6.45, 7) is 4.39. The maximum Gasteiger partial charge on any atom is 0.339 e. The fourth-order valence-corrected chi connectivity index (χ4v) is 3.39. The van der Waals surface area contributed by atoms with Crippen molar-refractivity contribution >= 4 is 21.1 Å². The molecule has 0 aliphatic carbocycles. The number of hydrogen-bond donors (Lipinski definition) is 0. The number of fused-ring (bicyclic) bond motifs is 1. The summed E-state index contributed by atoms with van der Waals surface area (Å²) in [6.07, 6.45) is 0. The second-order valence-corrected chi connectivity index (χ2v) is 7.01. The van der Waals surface area contributed by atoms with Crippen LogP contribution in [0.1, 0.15) is 13.8 Å². The molecular formula is C19H18O7S. The molecule has 0 fully saturated rings. The monoisotopic (exact) mass is 390 g/mol. The van der Waals surface area contributed by atoms with Gasteiger partial charge in [-0.2, -0.15) is 8.42 Å². The Morgan fingerprint density at radius 1 is 0.889 bits per heavy atom. The lowest BCUT2D eigenvalue weighted by molar-refractivity contribution is 0.287. The second kappa shape index (κ2) is 7.71.